The number of esters is 1. The van der Waals surface area contributed by atoms with E-state index in [0.29, 0.717) is 17.5 Å². The van der Waals surface area contributed by atoms with Crippen molar-refractivity contribution in [3.8, 4) is 11.4 Å². The van der Waals surface area contributed by atoms with Crippen LogP contribution in [0.2, 0.25) is 0 Å². The van der Waals surface area contributed by atoms with E-state index >= 15 is 0 Å². The summed E-state index contributed by atoms with van der Waals surface area (Å²) >= 11 is 0. The van der Waals surface area contributed by atoms with Crippen LogP contribution in [0.1, 0.15) is 25.5 Å². The highest BCUT2D eigenvalue weighted by atomic mass is 16.5. The van der Waals surface area contributed by atoms with Crippen molar-refractivity contribution in [1.82, 2.24) is 25.5 Å². The second kappa shape index (κ2) is 8.73. The van der Waals surface area contributed by atoms with Gasteiger partial charge >= 0.3 is 5.97 Å². The molecule has 154 valence electrons. The molecule has 1 N–H and O–H groups in total. The average molecular weight is 407 g/mol. The van der Waals surface area contributed by atoms with E-state index in [4.69, 9.17) is 9.15 Å². The summed E-state index contributed by atoms with van der Waals surface area (Å²) in [7, 11) is 0. The molecule has 2 heterocycles. The van der Waals surface area contributed by atoms with Gasteiger partial charge in [0.2, 0.25) is 0 Å². The van der Waals surface area contributed by atoms with Crippen molar-refractivity contribution in [3.63, 3.8) is 0 Å². The molecule has 1 fully saturated rings. The van der Waals surface area contributed by atoms with Crippen LogP contribution in [0.4, 0.5) is 0 Å². The number of carbonyl (C=O) groups is 2. The van der Waals surface area contributed by atoms with E-state index in [2.05, 4.69) is 20.8 Å². The fourth-order valence-electron chi connectivity index (χ4n) is 3.05. The second-order valence-corrected chi connectivity index (χ2v) is 7.10. The Kier molecular flexibility index (Phi) is 5.69. The molecular formula is C21H21N5O4. The molecule has 1 saturated carbocycles. The lowest BCUT2D eigenvalue weighted by Crippen LogP contribution is -2.37. The average Bonchev–Trinajstić information content (AvgIpc) is 3.28. The molecule has 1 amide bonds. The fourth-order valence-corrected chi connectivity index (χ4v) is 3.05. The topological polar surface area (TPSA) is 112 Å². The van der Waals surface area contributed by atoms with Crippen molar-refractivity contribution in [2.45, 2.75) is 25.8 Å². The van der Waals surface area contributed by atoms with E-state index in [1.54, 1.807) is 12.1 Å². The zero-order valence-electron chi connectivity index (χ0n) is 16.4. The van der Waals surface area contributed by atoms with Gasteiger partial charge in [-0.1, -0.05) is 30.3 Å². The first-order valence-electron chi connectivity index (χ1n) is 9.67. The van der Waals surface area contributed by atoms with E-state index < -0.39 is 12.6 Å². The van der Waals surface area contributed by atoms with Gasteiger partial charge in [0.1, 0.15) is 5.76 Å². The Bertz CT molecular complexity index is 1040. The van der Waals surface area contributed by atoms with Crippen molar-refractivity contribution in [3.05, 3.63) is 54.5 Å². The summed E-state index contributed by atoms with van der Waals surface area (Å²) in [6.45, 7) is 1.56. The Morgan fingerprint density at radius 3 is 2.77 bits per heavy atom. The number of aromatic nitrogens is 4. The minimum atomic E-state index is -0.745. The minimum absolute atomic E-state index is 0.0249. The highest BCUT2D eigenvalue weighted by molar-refractivity contribution is 6.15. The van der Waals surface area contributed by atoms with E-state index in [9.17, 15) is 9.59 Å². The number of benzene rings is 1. The molecule has 30 heavy (non-hydrogen) atoms. The molecule has 1 aromatic carbocycles. The molecule has 0 spiro atoms. The highest BCUT2D eigenvalue weighted by Gasteiger charge is 2.29. The number of carbonyl (C=O) groups excluding carboxylic acids is 2. The van der Waals surface area contributed by atoms with Gasteiger partial charge in [0.25, 0.3) is 5.91 Å². The Morgan fingerprint density at radius 2 is 2.07 bits per heavy atom. The molecule has 3 aromatic rings. The number of hydrogen-bond acceptors (Lipinski definition) is 7. The number of rotatable bonds is 8. The molecule has 0 radical (unpaired) electrons. The molecule has 0 bridgehead atoms. The van der Waals surface area contributed by atoms with Crippen molar-refractivity contribution >= 4 is 23.6 Å². The maximum absolute atomic E-state index is 12.9. The largest absolute Gasteiger partial charge is 0.465 e. The van der Waals surface area contributed by atoms with Crippen LogP contribution in [-0.2, 0) is 14.3 Å². The molecule has 1 aliphatic rings. The van der Waals surface area contributed by atoms with Crippen LogP contribution in [0.5, 0.6) is 0 Å². The van der Waals surface area contributed by atoms with Gasteiger partial charge in [-0.25, -0.2) is 4.79 Å². The molecule has 9 nitrogen and oxygen atoms in total. The molecule has 0 aliphatic heterocycles. The Morgan fingerprint density at radius 1 is 1.27 bits per heavy atom. The van der Waals surface area contributed by atoms with Gasteiger partial charge in [0.15, 0.2) is 18.1 Å². The maximum Gasteiger partial charge on any atom is 0.357 e. The van der Waals surface area contributed by atoms with Crippen molar-refractivity contribution in [2.75, 3.05) is 6.61 Å². The van der Waals surface area contributed by atoms with Crippen LogP contribution in [-0.4, -0.2) is 44.7 Å². The third kappa shape index (κ3) is 4.62. The molecule has 0 saturated heterocycles. The van der Waals surface area contributed by atoms with Gasteiger partial charge in [0.05, 0.1) is 6.26 Å². The summed E-state index contributed by atoms with van der Waals surface area (Å²) in [4.78, 5) is 25.0. The SMILES string of the molecule is C[C@@H](NC(=O)COC(=O)/C(=C/c1ccco1)n1nnnc1-c1ccccc1)C1CC1. The normalized spacial score (nSPS) is 14.9. The standard InChI is InChI=1S/C21H21N5O4/c1-14(15-9-10-15)22-19(27)13-30-21(28)18(12-17-8-5-11-29-17)26-20(23-24-25-26)16-6-3-2-4-7-16/h2-8,11-12,14-15H,9-10,13H2,1H3,(H,22,27)/b18-12-/t14-/m1/s1. The molecule has 2 aromatic heterocycles. The van der Waals surface area contributed by atoms with Gasteiger partial charge in [-0.2, -0.15) is 4.68 Å². The molecule has 1 atom stereocenters. The second-order valence-electron chi connectivity index (χ2n) is 7.10. The zero-order chi connectivity index (χ0) is 20.9. The number of nitrogens with one attached hydrogen (secondary N) is 1. The van der Waals surface area contributed by atoms with Crippen LogP contribution >= 0.6 is 0 Å². The lowest BCUT2D eigenvalue weighted by Gasteiger charge is -2.13. The quantitative estimate of drug-likeness (QED) is 0.451. The lowest BCUT2D eigenvalue weighted by molar-refractivity contribution is -0.143. The highest BCUT2D eigenvalue weighted by Crippen LogP contribution is 2.32. The van der Waals surface area contributed by atoms with Gasteiger partial charge in [-0.3, -0.25) is 4.79 Å². The third-order valence-electron chi connectivity index (χ3n) is 4.81. The van der Waals surface area contributed by atoms with Crippen LogP contribution in [0.15, 0.2) is 53.1 Å². The third-order valence-corrected chi connectivity index (χ3v) is 4.81. The summed E-state index contributed by atoms with van der Waals surface area (Å²) in [6, 6.07) is 12.6. The Balaban J connectivity index is 1.55. The van der Waals surface area contributed by atoms with Gasteiger partial charge in [0, 0.05) is 17.7 Å². The predicted molar refractivity (Wildman–Crippen MR) is 107 cm³/mol. The first-order chi connectivity index (χ1) is 14.6. The minimum Gasteiger partial charge on any atom is -0.465 e. The van der Waals surface area contributed by atoms with Gasteiger partial charge < -0.3 is 14.5 Å². The van der Waals surface area contributed by atoms with Crippen molar-refractivity contribution in [2.24, 2.45) is 5.92 Å². The van der Waals surface area contributed by atoms with Crippen molar-refractivity contribution < 1.29 is 18.7 Å². The summed E-state index contributed by atoms with van der Waals surface area (Å²) < 4.78 is 11.8. The Labute approximate surface area is 172 Å². The molecular weight excluding hydrogens is 386 g/mol. The first kappa shape index (κ1) is 19.6. The summed E-state index contributed by atoms with van der Waals surface area (Å²) in [5, 5.41) is 14.5. The number of amides is 1. The maximum atomic E-state index is 12.9. The molecule has 4 rings (SSSR count). The smallest absolute Gasteiger partial charge is 0.357 e. The molecule has 0 unspecified atom stereocenters. The predicted octanol–water partition coefficient (Wildman–Crippen LogP) is 2.39. The van der Waals surface area contributed by atoms with Crippen LogP contribution in [0.25, 0.3) is 23.2 Å². The summed E-state index contributed by atoms with van der Waals surface area (Å²) in [6.07, 6.45) is 5.17. The summed E-state index contributed by atoms with van der Waals surface area (Å²) in [5.74, 6) is 0.194. The number of ether oxygens (including phenoxy) is 1. The van der Waals surface area contributed by atoms with Crippen molar-refractivity contribution in [1.29, 1.82) is 0 Å². The monoisotopic (exact) mass is 407 g/mol. The van der Waals surface area contributed by atoms with Crippen LogP contribution < -0.4 is 5.32 Å². The summed E-state index contributed by atoms with van der Waals surface area (Å²) in [5.41, 5.74) is 0.744. The lowest BCUT2D eigenvalue weighted by atomic mass is 10.2. The van der Waals surface area contributed by atoms with E-state index in [1.165, 1.54) is 17.0 Å². The molecule has 9 heteroatoms. The number of tetrazole rings is 1. The number of nitrogens with zero attached hydrogens (tertiary/aromatic N) is 4. The van der Waals surface area contributed by atoms with Gasteiger partial charge in [-0.05, 0) is 48.2 Å². The number of hydrogen-bond donors (Lipinski definition) is 1. The first-order valence-corrected chi connectivity index (χ1v) is 9.67. The fraction of sp³-hybridized carbons (Fsp3) is 0.286. The number of furan rings is 1. The van der Waals surface area contributed by atoms with Gasteiger partial charge in [-0.15, -0.1) is 5.10 Å². The van der Waals surface area contributed by atoms with Crippen LogP contribution in [0, 0.1) is 5.92 Å². The van der Waals surface area contributed by atoms with E-state index in [1.807, 2.05) is 37.3 Å². The van der Waals surface area contributed by atoms with E-state index in [-0.39, 0.29) is 17.6 Å². The molecule has 1 aliphatic carbocycles. The Hall–Kier alpha value is -3.75. The zero-order valence-corrected chi connectivity index (χ0v) is 16.4. The van der Waals surface area contributed by atoms with Crippen LogP contribution in [0.3, 0.4) is 0 Å². The van der Waals surface area contributed by atoms with E-state index in [0.717, 1.165) is 18.4 Å².